The van der Waals surface area contributed by atoms with Crippen LogP contribution in [-0.2, 0) is 6.54 Å². The summed E-state index contributed by atoms with van der Waals surface area (Å²) in [6.45, 7) is 2.94. The number of benzene rings is 1. The summed E-state index contributed by atoms with van der Waals surface area (Å²) >= 11 is 0. The first-order valence-corrected chi connectivity index (χ1v) is 6.78. The van der Waals surface area contributed by atoms with Crippen LogP contribution >= 0.6 is 0 Å². The third-order valence-electron chi connectivity index (χ3n) is 3.39. The number of nitrogens with two attached hydrogens (primary N) is 1. The molecule has 1 aromatic carbocycles. The number of nitrogens with zero attached hydrogens (tertiary/aromatic N) is 4. The van der Waals surface area contributed by atoms with Gasteiger partial charge in [-0.25, -0.2) is 4.68 Å². The second-order valence-corrected chi connectivity index (χ2v) is 4.82. The van der Waals surface area contributed by atoms with Crippen LogP contribution in [0.2, 0.25) is 0 Å². The van der Waals surface area contributed by atoms with E-state index in [1.165, 1.54) is 0 Å². The van der Waals surface area contributed by atoms with E-state index >= 15 is 0 Å². The lowest BCUT2D eigenvalue weighted by atomic mass is 10.0. The Kier molecular flexibility index (Phi) is 3.43. The van der Waals surface area contributed by atoms with E-state index in [-0.39, 0.29) is 6.04 Å². The number of pyridine rings is 1. The number of rotatable bonds is 4. The topological polar surface area (TPSA) is 69.6 Å². The van der Waals surface area contributed by atoms with Crippen LogP contribution in [0.1, 0.15) is 30.6 Å². The summed E-state index contributed by atoms with van der Waals surface area (Å²) in [5.41, 5.74) is 9.32. The van der Waals surface area contributed by atoms with Gasteiger partial charge in [-0.3, -0.25) is 4.98 Å². The summed E-state index contributed by atoms with van der Waals surface area (Å²) in [5, 5.41) is 9.15. The molecule has 0 amide bonds. The molecule has 0 spiro atoms. The normalized spacial score (nSPS) is 12.7. The van der Waals surface area contributed by atoms with E-state index in [1.54, 1.807) is 12.4 Å². The molecular formula is C15H17N5. The Labute approximate surface area is 117 Å². The Balaban J connectivity index is 1.99. The number of aryl methyl sites for hydroxylation is 1. The van der Waals surface area contributed by atoms with Gasteiger partial charge < -0.3 is 5.73 Å². The predicted molar refractivity (Wildman–Crippen MR) is 78.1 cm³/mol. The van der Waals surface area contributed by atoms with Gasteiger partial charge in [-0.05, 0) is 30.2 Å². The molecule has 0 aliphatic heterocycles. The van der Waals surface area contributed by atoms with Gasteiger partial charge in [0, 0.05) is 18.1 Å². The fourth-order valence-electron chi connectivity index (χ4n) is 2.35. The molecular weight excluding hydrogens is 250 g/mol. The highest BCUT2D eigenvalue weighted by Gasteiger charge is 2.15. The largest absolute Gasteiger partial charge is 0.319 e. The lowest BCUT2D eigenvalue weighted by molar-refractivity contribution is 0.543. The van der Waals surface area contributed by atoms with E-state index in [0.29, 0.717) is 0 Å². The second-order valence-electron chi connectivity index (χ2n) is 4.82. The van der Waals surface area contributed by atoms with Crippen LogP contribution in [0.4, 0.5) is 0 Å². The Hall–Kier alpha value is -2.27. The first kappa shape index (κ1) is 12.7. The fourth-order valence-corrected chi connectivity index (χ4v) is 2.35. The molecule has 0 bridgehead atoms. The maximum Gasteiger partial charge on any atom is 0.0799 e. The molecule has 0 aliphatic rings. The minimum absolute atomic E-state index is 0.221. The summed E-state index contributed by atoms with van der Waals surface area (Å²) in [6.07, 6.45) is 4.54. The van der Waals surface area contributed by atoms with Crippen molar-refractivity contribution in [2.75, 3.05) is 0 Å². The molecule has 0 aliphatic carbocycles. The van der Waals surface area contributed by atoms with E-state index in [1.807, 2.05) is 28.9 Å². The standard InChI is InChI=1S/C15H17N5/c1-2-8-20-14(10-18-19-20)15(16)12-5-6-13-11(9-12)4-3-7-17-13/h3-7,9-10,15H,2,8,16H2,1H3. The van der Waals surface area contributed by atoms with E-state index in [0.717, 1.165) is 35.1 Å². The van der Waals surface area contributed by atoms with Crippen molar-refractivity contribution in [2.45, 2.75) is 25.9 Å². The van der Waals surface area contributed by atoms with Gasteiger partial charge in [-0.1, -0.05) is 24.3 Å². The summed E-state index contributed by atoms with van der Waals surface area (Å²) < 4.78 is 1.87. The quantitative estimate of drug-likeness (QED) is 0.787. The SMILES string of the molecule is CCCn1nncc1C(N)c1ccc2ncccc2c1. The number of fused-ring (bicyclic) bond motifs is 1. The van der Waals surface area contributed by atoms with Crippen molar-refractivity contribution in [1.29, 1.82) is 0 Å². The molecule has 1 atom stereocenters. The molecule has 0 fully saturated rings. The third-order valence-corrected chi connectivity index (χ3v) is 3.39. The molecule has 102 valence electrons. The van der Waals surface area contributed by atoms with Crippen molar-refractivity contribution in [2.24, 2.45) is 5.73 Å². The van der Waals surface area contributed by atoms with Gasteiger partial charge in [0.1, 0.15) is 0 Å². The molecule has 2 aromatic heterocycles. The van der Waals surface area contributed by atoms with Crippen LogP contribution in [0.3, 0.4) is 0 Å². The lowest BCUT2D eigenvalue weighted by Gasteiger charge is -2.14. The second kappa shape index (κ2) is 5.38. The van der Waals surface area contributed by atoms with E-state index in [9.17, 15) is 0 Å². The monoisotopic (exact) mass is 267 g/mol. The van der Waals surface area contributed by atoms with Crippen LogP contribution in [-0.4, -0.2) is 20.0 Å². The highest BCUT2D eigenvalue weighted by atomic mass is 15.4. The number of aromatic nitrogens is 4. The van der Waals surface area contributed by atoms with Crippen LogP contribution in [0, 0.1) is 0 Å². The number of hydrogen-bond acceptors (Lipinski definition) is 4. The summed E-state index contributed by atoms with van der Waals surface area (Å²) in [5.74, 6) is 0. The molecule has 5 nitrogen and oxygen atoms in total. The van der Waals surface area contributed by atoms with Gasteiger partial charge in [0.25, 0.3) is 0 Å². The van der Waals surface area contributed by atoms with Crippen LogP contribution in [0.5, 0.6) is 0 Å². The molecule has 20 heavy (non-hydrogen) atoms. The van der Waals surface area contributed by atoms with Crippen molar-refractivity contribution in [3.05, 3.63) is 54.0 Å². The Bertz CT molecular complexity index is 719. The molecule has 0 saturated carbocycles. The first-order valence-electron chi connectivity index (χ1n) is 6.78. The first-order chi connectivity index (χ1) is 9.79. The molecule has 3 rings (SSSR count). The molecule has 5 heteroatoms. The zero-order valence-corrected chi connectivity index (χ0v) is 11.4. The van der Waals surface area contributed by atoms with Crippen molar-refractivity contribution < 1.29 is 0 Å². The van der Waals surface area contributed by atoms with Gasteiger partial charge in [0.05, 0.1) is 23.4 Å². The Morgan fingerprint density at radius 2 is 2.20 bits per heavy atom. The zero-order valence-electron chi connectivity index (χ0n) is 11.4. The summed E-state index contributed by atoms with van der Waals surface area (Å²) in [6, 6.07) is 9.85. The van der Waals surface area contributed by atoms with Crippen molar-refractivity contribution in [1.82, 2.24) is 20.0 Å². The highest BCUT2D eigenvalue weighted by molar-refractivity contribution is 5.79. The molecule has 1 unspecified atom stereocenters. The molecule has 2 heterocycles. The van der Waals surface area contributed by atoms with Crippen LogP contribution in [0.15, 0.2) is 42.7 Å². The fraction of sp³-hybridized carbons (Fsp3) is 0.267. The van der Waals surface area contributed by atoms with Gasteiger partial charge in [0.2, 0.25) is 0 Å². The average Bonchev–Trinajstić information content (AvgIpc) is 2.94. The molecule has 0 saturated heterocycles. The lowest BCUT2D eigenvalue weighted by Crippen LogP contribution is -2.17. The minimum Gasteiger partial charge on any atom is -0.319 e. The Morgan fingerprint density at radius 1 is 1.30 bits per heavy atom. The van der Waals surface area contributed by atoms with Gasteiger partial charge in [0.15, 0.2) is 0 Å². The highest BCUT2D eigenvalue weighted by Crippen LogP contribution is 2.22. The van der Waals surface area contributed by atoms with Gasteiger partial charge in [-0.2, -0.15) is 0 Å². The summed E-state index contributed by atoms with van der Waals surface area (Å²) in [4.78, 5) is 4.32. The minimum atomic E-state index is -0.221. The van der Waals surface area contributed by atoms with Crippen molar-refractivity contribution in [3.63, 3.8) is 0 Å². The van der Waals surface area contributed by atoms with Crippen molar-refractivity contribution in [3.8, 4) is 0 Å². The van der Waals surface area contributed by atoms with Crippen LogP contribution < -0.4 is 5.73 Å². The predicted octanol–water partition coefficient (Wildman–Crippen LogP) is 2.28. The Morgan fingerprint density at radius 3 is 3.05 bits per heavy atom. The molecule has 0 radical (unpaired) electrons. The molecule has 2 N–H and O–H groups in total. The van der Waals surface area contributed by atoms with E-state index in [4.69, 9.17) is 5.73 Å². The van der Waals surface area contributed by atoms with Crippen LogP contribution in [0.25, 0.3) is 10.9 Å². The van der Waals surface area contributed by atoms with Crippen molar-refractivity contribution >= 4 is 10.9 Å². The third kappa shape index (κ3) is 2.28. The van der Waals surface area contributed by atoms with Gasteiger partial charge in [-0.15, -0.1) is 5.10 Å². The molecule has 3 aromatic rings. The van der Waals surface area contributed by atoms with E-state index < -0.39 is 0 Å². The average molecular weight is 267 g/mol. The maximum absolute atomic E-state index is 6.36. The maximum atomic E-state index is 6.36. The smallest absolute Gasteiger partial charge is 0.0799 e. The van der Waals surface area contributed by atoms with E-state index in [2.05, 4.69) is 28.3 Å². The van der Waals surface area contributed by atoms with Gasteiger partial charge >= 0.3 is 0 Å². The number of hydrogen-bond donors (Lipinski definition) is 1. The summed E-state index contributed by atoms with van der Waals surface area (Å²) in [7, 11) is 0. The zero-order chi connectivity index (χ0) is 13.9.